The zero-order valence-corrected chi connectivity index (χ0v) is 17.2. The first-order valence-corrected chi connectivity index (χ1v) is 10.5. The highest BCUT2D eigenvalue weighted by Gasteiger charge is 2.30. The van der Waals surface area contributed by atoms with Crippen molar-refractivity contribution in [1.82, 2.24) is 9.80 Å². The third kappa shape index (κ3) is 5.17. The molecule has 2 heterocycles. The van der Waals surface area contributed by atoms with Crippen molar-refractivity contribution in [1.29, 1.82) is 0 Å². The number of hydrogen-bond acceptors (Lipinski definition) is 5. The number of ether oxygens (including phenoxy) is 2. The maximum Gasteiger partial charge on any atom is 0.226 e. The standard InChI is InChI=1S/C22H34N2O4/c1-27-18-9-10-21(28-2)19(14-18)20(25)16-23-11-7-8-17(15-23)22(26)24-12-5-3-4-6-13-24/h9-10,14,17,20,25H,3-8,11-13,15-16H2,1-2H3. The minimum absolute atomic E-state index is 0.0475. The SMILES string of the molecule is COc1ccc(OC)c(C(O)CN2CCCC(C(=O)N3CCCCCC3)C2)c1. The molecule has 2 unspecified atom stereocenters. The Bertz CT molecular complexity index is 643. The molecule has 2 aliphatic rings. The molecule has 1 aromatic carbocycles. The van der Waals surface area contributed by atoms with Crippen molar-refractivity contribution in [3.05, 3.63) is 23.8 Å². The molecule has 2 saturated heterocycles. The van der Waals surface area contributed by atoms with Crippen molar-refractivity contribution in [2.75, 3.05) is 46.9 Å². The lowest BCUT2D eigenvalue weighted by atomic mass is 9.95. The molecule has 0 radical (unpaired) electrons. The molecule has 0 bridgehead atoms. The molecule has 2 aliphatic heterocycles. The second-order valence-electron chi connectivity index (χ2n) is 7.96. The maximum atomic E-state index is 13.0. The Morgan fingerprint density at radius 3 is 2.54 bits per heavy atom. The largest absolute Gasteiger partial charge is 0.497 e. The van der Waals surface area contributed by atoms with Gasteiger partial charge in [0.1, 0.15) is 11.5 Å². The van der Waals surface area contributed by atoms with E-state index < -0.39 is 6.10 Å². The average molecular weight is 391 g/mol. The molecule has 28 heavy (non-hydrogen) atoms. The van der Waals surface area contributed by atoms with Crippen molar-refractivity contribution in [3.8, 4) is 11.5 Å². The summed E-state index contributed by atoms with van der Waals surface area (Å²) in [5.41, 5.74) is 0.725. The van der Waals surface area contributed by atoms with Crippen molar-refractivity contribution >= 4 is 5.91 Å². The number of aliphatic hydroxyl groups is 1. The fraction of sp³-hybridized carbons (Fsp3) is 0.682. The minimum atomic E-state index is -0.683. The molecule has 6 nitrogen and oxygen atoms in total. The van der Waals surface area contributed by atoms with Crippen LogP contribution in [0.4, 0.5) is 0 Å². The van der Waals surface area contributed by atoms with E-state index in [0.29, 0.717) is 24.0 Å². The monoisotopic (exact) mass is 390 g/mol. The summed E-state index contributed by atoms with van der Waals surface area (Å²) in [5.74, 6) is 1.71. The first-order valence-electron chi connectivity index (χ1n) is 10.5. The Hall–Kier alpha value is -1.79. The van der Waals surface area contributed by atoms with Crippen LogP contribution in [0.15, 0.2) is 18.2 Å². The van der Waals surface area contributed by atoms with Gasteiger partial charge in [-0.3, -0.25) is 9.69 Å². The topological polar surface area (TPSA) is 62.2 Å². The van der Waals surface area contributed by atoms with E-state index in [1.807, 2.05) is 18.2 Å². The van der Waals surface area contributed by atoms with E-state index in [0.717, 1.165) is 57.4 Å². The van der Waals surface area contributed by atoms with Crippen LogP contribution in [0.2, 0.25) is 0 Å². The van der Waals surface area contributed by atoms with Gasteiger partial charge in [0.15, 0.2) is 0 Å². The highest BCUT2D eigenvalue weighted by atomic mass is 16.5. The Morgan fingerprint density at radius 1 is 1.11 bits per heavy atom. The van der Waals surface area contributed by atoms with Crippen LogP contribution in [0.3, 0.4) is 0 Å². The van der Waals surface area contributed by atoms with Crippen molar-refractivity contribution < 1.29 is 19.4 Å². The number of nitrogens with zero attached hydrogens (tertiary/aromatic N) is 2. The van der Waals surface area contributed by atoms with Gasteiger partial charge in [0.2, 0.25) is 5.91 Å². The van der Waals surface area contributed by atoms with Crippen LogP contribution < -0.4 is 9.47 Å². The quantitative estimate of drug-likeness (QED) is 0.809. The predicted octanol–water partition coefficient (Wildman–Crippen LogP) is 2.85. The zero-order valence-electron chi connectivity index (χ0n) is 17.2. The van der Waals surface area contributed by atoms with Gasteiger partial charge in [-0.25, -0.2) is 0 Å². The molecular weight excluding hydrogens is 356 g/mol. The van der Waals surface area contributed by atoms with Crippen LogP contribution in [0, 0.1) is 5.92 Å². The highest BCUT2D eigenvalue weighted by molar-refractivity contribution is 5.79. The number of benzene rings is 1. The number of hydrogen-bond donors (Lipinski definition) is 1. The van der Waals surface area contributed by atoms with E-state index in [9.17, 15) is 9.90 Å². The van der Waals surface area contributed by atoms with Crippen LogP contribution in [-0.2, 0) is 4.79 Å². The number of β-amino-alcohol motifs (C(OH)–C–C–N with tert-alkyl or cyclic N) is 1. The Kier molecular flexibility index (Phi) is 7.57. The van der Waals surface area contributed by atoms with Gasteiger partial charge in [-0.05, 0) is 50.4 Å². The van der Waals surface area contributed by atoms with E-state index in [-0.39, 0.29) is 5.92 Å². The van der Waals surface area contributed by atoms with Gasteiger partial charge in [-0.1, -0.05) is 12.8 Å². The molecule has 3 rings (SSSR count). The van der Waals surface area contributed by atoms with Crippen molar-refractivity contribution in [2.45, 2.75) is 44.6 Å². The van der Waals surface area contributed by atoms with E-state index in [2.05, 4.69) is 9.80 Å². The number of likely N-dealkylation sites (tertiary alicyclic amines) is 2. The Morgan fingerprint density at radius 2 is 1.86 bits per heavy atom. The lowest BCUT2D eigenvalue weighted by molar-refractivity contribution is -0.137. The van der Waals surface area contributed by atoms with Crippen LogP contribution in [0.1, 0.15) is 50.2 Å². The lowest BCUT2D eigenvalue weighted by Gasteiger charge is -2.35. The first-order chi connectivity index (χ1) is 13.6. The number of methoxy groups -OCH3 is 2. The second-order valence-corrected chi connectivity index (χ2v) is 7.96. The molecule has 0 saturated carbocycles. The first kappa shape index (κ1) is 20.9. The minimum Gasteiger partial charge on any atom is -0.497 e. The average Bonchev–Trinajstić information content (AvgIpc) is 3.02. The number of carbonyl (C=O) groups excluding carboxylic acids is 1. The fourth-order valence-corrected chi connectivity index (χ4v) is 4.41. The number of aliphatic hydroxyl groups excluding tert-OH is 1. The number of amides is 1. The summed E-state index contributed by atoms with van der Waals surface area (Å²) in [4.78, 5) is 17.3. The predicted molar refractivity (Wildman–Crippen MR) is 109 cm³/mol. The van der Waals surface area contributed by atoms with Gasteiger partial charge >= 0.3 is 0 Å². The summed E-state index contributed by atoms with van der Waals surface area (Å²) in [6.45, 7) is 3.93. The van der Waals surface area contributed by atoms with Gasteiger partial charge in [-0.2, -0.15) is 0 Å². The molecule has 1 aromatic rings. The highest BCUT2D eigenvalue weighted by Crippen LogP contribution is 2.31. The molecule has 0 aromatic heterocycles. The normalized spacial score (nSPS) is 22.4. The Labute approximate surface area is 168 Å². The third-order valence-electron chi connectivity index (χ3n) is 6.00. The lowest BCUT2D eigenvalue weighted by Crippen LogP contribution is -2.46. The van der Waals surface area contributed by atoms with Gasteiger partial charge < -0.3 is 19.5 Å². The van der Waals surface area contributed by atoms with Crippen LogP contribution in [0.5, 0.6) is 11.5 Å². The van der Waals surface area contributed by atoms with Gasteiger partial charge in [0.25, 0.3) is 0 Å². The van der Waals surface area contributed by atoms with Gasteiger partial charge in [0, 0.05) is 31.7 Å². The van der Waals surface area contributed by atoms with E-state index in [1.165, 1.54) is 12.8 Å². The molecule has 1 amide bonds. The molecule has 2 atom stereocenters. The molecular formula is C22H34N2O4. The summed E-state index contributed by atoms with van der Waals surface area (Å²) >= 11 is 0. The van der Waals surface area contributed by atoms with E-state index in [1.54, 1.807) is 14.2 Å². The van der Waals surface area contributed by atoms with Gasteiger partial charge in [-0.15, -0.1) is 0 Å². The fourth-order valence-electron chi connectivity index (χ4n) is 4.41. The summed E-state index contributed by atoms with van der Waals surface area (Å²) < 4.78 is 10.7. The zero-order chi connectivity index (χ0) is 19.9. The van der Waals surface area contributed by atoms with E-state index in [4.69, 9.17) is 9.47 Å². The number of rotatable bonds is 6. The van der Waals surface area contributed by atoms with Crippen LogP contribution in [0.25, 0.3) is 0 Å². The van der Waals surface area contributed by atoms with Crippen LogP contribution >= 0.6 is 0 Å². The summed E-state index contributed by atoms with van der Waals surface area (Å²) in [6, 6.07) is 5.47. The second kappa shape index (κ2) is 10.1. The number of carbonyl (C=O) groups is 1. The molecule has 1 N–H and O–H groups in total. The molecule has 156 valence electrons. The van der Waals surface area contributed by atoms with Crippen LogP contribution in [-0.4, -0.2) is 67.8 Å². The third-order valence-corrected chi connectivity index (χ3v) is 6.00. The molecule has 6 heteroatoms. The Balaban J connectivity index is 1.62. The smallest absolute Gasteiger partial charge is 0.226 e. The summed E-state index contributed by atoms with van der Waals surface area (Å²) in [6.07, 6.45) is 5.96. The maximum absolute atomic E-state index is 13.0. The van der Waals surface area contributed by atoms with Gasteiger partial charge in [0.05, 0.1) is 26.2 Å². The molecule has 0 aliphatic carbocycles. The van der Waals surface area contributed by atoms with Crippen molar-refractivity contribution in [2.24, 2.45) is 5.92 Å². The number of piperidine rings is 1. The molecule has 2 fully saturated rings. The molecule has 0 spiro atoms. The summed E-state index contributed by atoms with van der Waals surface area (Å²) in [5, 5.41) is 10.8. The van der Waals surface area contributed by atoms with Crippen molar-refractivity contribution in [3.63, 3.8) is 0 Å². The van der Waals surface area contributed by atoms with E-state index >= 15 is 0 Å². The summed E-state index contributed by atoms with van der Waals surface area (Å²) in [7, 11) is 3.22.